The summed E-state index contributed by atoms with van der Waals surface area (Å²) in [6.07, 6.45) is 6.91. The monoisotopic (exact) mass is 301 g/mol. The first-order valence-electron chi connectivity index (χ1n) is 7.72. The largest absolute Gasteiger partial charge is 0.325 e. The standard InChI is InChI=1S/C16H19N3O3/c20-14(18-11-4-3-8-17-10-11)7-9-19-15(21)12-5-1-2-6-13(12)16(19)22/h3-4,8,10,12-13H,1-2,5-7,9H2,(H,18,20). The van der Waals surface area contributed by atoms with Gasteiger partial charge in [0, 0.05) is 19.2 Å². The Hall–Kier alpha value is -2.24. The summed E-state index contributed by atoms with van der Waals surface area (Å²) in [7, 11) is 0. The first kappa shape index (κ1) is 14.7. The van der Waals surface area contributed by atoms with Gasteiger partial charge in [-0.2, -0.15) is 0 Å². The molecule has 6 nitrogen and oxygen atoms in total. The fraction of sp³-hybridized carbons (Fsp3) is 0.500. The molecule has 116 valence electrons. The van der Waals surface area contributed by atoms with Gasteiger partial charge in [0.1, 0.15) is 0 Å². The third-order valence-electron chi connectivity index (χ3n) is 4.44. The van der Waals surface area contributed by atoms with Crippen molar-refractivity contribution in [1.29, 1.82) is 0 Å². The minimum absolute atomic E-state index is 0.0936. The van der Waals surface area contributed by atoms with Gasteiger partial charge in [-0.05, 0) is 25.0 Å². The highest BCUT2D eigenvalue weighted by atomic mass is 16.2. The number of likely N-dealkylation sites (tertiary alicyclic amines) is 1. The van der Waals surface area contributed by atoms with Crippen LogP contribution in [0.15, 0.2) is 24.5 Å². The number of aromatic nitrogens is 1. The fourth-order valence-electron chi connectivity index (χ4n) is 3.32. The van der Waals surface area contributed by atoms with Gasteiger partial charge in [0.2, 0.25) is 17.7 Å². The van der Waals surface area contributed by atoms with E-state index in [4.69, 9.17) is 0 Å². The fourth-order valence-corrected chi connectivity index (χ4v) is 3.32. The number of hydrogen-bond acceptors (Lipinski definition) is 4. The van der Waals surface area contributed by atoms with Crippen molar-refractivity contribution in [2.24, 2.45) is 11.8 Å². The molecule has 0 aromatic carbocycles. The van der Waals surface area contributed by atoms with Gasteiger partial charge in [0.15, 0.2) is 0 Å². The number of nitrogens with zero attached hydrogens (tertiary/aromatic N) is 2. The lowest BCUT2D eigenvalue weighted by atomic mass is 9.81. The number of amides is 3. The summed E-state index contributed by atoms with van der Waals surface area (Å²) in [6, 6.07) is 3.47. The minimum Gasteiger partial charge on any atom is -0.325 e. The zero-order valence-corrected chi connectivity index (χ0v) is 12.3. The van der Waals surface area contributed by atoms with Crippen molar-refractivity contribution in [2.45, 2.75) is 32.1 Å². The third kappa shape index (κ3) is 2.86. The van der Waals surface area contributed by atoms with E-state index in [2.05, 4.69) is 10.3 Å². The number of nitrogens with one attached hydrogen (secondary N) is 1. The third-order valence-corrected chi connectivity index (χ3v) is 4.44. The molecule has 2 aliphatic rings. The summed E-state index contributed by atoms with van der Waals surface area (Å²) in [6.45, 7) is 0.163. The van der Waals surface area contributed by atoms with E-state index in [9.17, 15) is 14.4 Å². The number of carbonyl (C=O) groups is 3. The maximum Gasteiger partial charge on any atom is 0.233 e. The predicted molar refractivity (Wildman–Crippen MR) is 79.7 cm³/mol. The molecule has 3 amide bonds. The Morgan fingerprint density at radius 2 is 1.91 bits per heavy atom. The molecule has 0 bridgehead atoms. The lowest BCUT2D eigenvalue weighted by molar-refractivity contribution is -0.140. The first-order valence-corrected chi connectivity index (χ1v) is 7.72. The molecule has 2 fully saturated rings. The van der Waals surface area contributed by atoms with Gasteiger partial charge in [-0.3, -0.25) is 24.3 Å². The second-order valence-electron chi connectivity index (χ2n) is 5.87. The molecule has 1 aliphatic heterocycles. The molecule has 22 heavy (non-hydrogen) atoms. The topological polar surface area (TPSA) is 79.4 Å². The number of fused-ring (bicyclic) bond motifs is 1. The number of carbonyl (C=O) groups excluding carboxylic acids is 3. The summed E-state index contributed by atoms with van der Waals surface area (Å²) in [5.74, 6) is -0.707. The van der Waals surface area contributed by atoms with Gasteiger partial charge >= 0.3 is 0 Å². The zero-order valence-electron chi connectivity index (χ0n) is 12.3. The molecule has 1 N–H and O–H groups in total. The van der Waals surface area contributed by atoms with Crippen molar-refractivity contribution in [1.82, 2.24) is 9.88 Å². The van der Waals surface area contributed by atoms with Crippen LogP contribution in [0.2, 0.25) is 0 Å². The van der Waals surface area contributed by atoms with Crippen molar-refractivity contribution in [3.63, 3.8) is 0 Å². The number of imide groups is 1. The quantitative estimate of drug-likeness (QED) is 0.856. The van der Waals surface area contributed by atoms with Crippen LogP contribution in [0, 0.1) is 11.8 Å². The number of anilines is 1. The van der Waals surface area contributed by atoms with Gasteiger partial charge in [-0.1, -0.05) is 12.8 Å². The molecule has 1 aromatic heterocycles. The molecular weight excluding hydrogens is 282 g/mol. The van der Waals surface area contributed by atoms with Gasteiger partial charge in [-0.15, -0.1) is 0 Å². The number of rotatable bonds is 4. The van der Waals surface area contributed by atoms with E-state index in [1.54, 1.807) is 24.5 Å². The number of hydrogen-bond donors (Lipinski definition) is 1. The van der Waals surface area contributed by atoms with Crippen LogP contribution < -0.4 is 5.32 Å². The van der Waals surface area contributed by atoms with Crippen LogP contribution in [0.25, 0.3) is 0 Å². The van der Waals surface area contributed by atoms with E-state index < -0.39 is 0 Å². The van der Waals surface area contributed by atoms with Crippen LogP contribution in [-0.4, -0.2) is 34.2 Å². The van der Waals surface area contributed by atoms with Crippen LogP contribution in [-0.2, 0) is 14.4 Å². The Kier molecular flexibility index (Phi) is 4.18. The van der Waals surface area contributed by atoms with E-state index >= 15 is 0 Å². The smallest absolute Gasteiger partial charge is 0.233 e. The molecule has 2 atom stereocenters. The minimum atomic E-state index is -0.219. The van der Waals surface area contributed by atoms with Crippen molar-refractivity contribution >= 4 is 23.4 Å². The van der Waals surface area contributed by atoms with Crippen LogP contribution in [0.1, 0.15) is 32.1 Å². The highest BCUT2D eigenvalue weighted by Crippen LogP contribution is 2.37. The maximum absolute atomic E-state index is 12.3. The van der Waals surface area contributed by atoms with E-state index in [1.165, 1.54) is 4.90 Å². The second-order valence-corrected chi connectivity index (χ2v) is 5.87. The molecule has 6 heteroatoms. The molecule has 1 aliphatic carbocycles. The van der Waals surface area contributed by atoms with Crippen molar-refractivity contribution in [3.05, 3.63) is 24.5 Å². The highest BCUT2D eigenvalue weighted by molar-refractivity contribution is 6.05. The maximum atomic E-state index is 12.3. The Morgan fingerprint density at radius 3 is 2.50 bits per heavy atom. The SMILES string of the molecule is O=C(CCN1C(=O)C2CCCCC2C1=O)Nc1cccnc1. The summed E-state index contributed by atoms with van der Waals surface area (Å²) in [5, 5.41) is 2.71. The Labute approximate surface area is 128 Å². The van der Waals surface area contributed by atoms with Gasteiger partial charge < -0.3 is 5.32 Å². The molecule has 1 saturated carbocycles. The summed E-state index contributed by atoms with van der Waals surface area (Å²) in [5.41, 5.74) is 0.611. The average Bonchev–Trinajstić information content (AvgIpc) is 2.78. The van der Waals surface area contributed by atoms with Crippen LogP contribution in [0.4, 0.5) is 5.69 Å². The molecule has 1 saturated heterocycles. The van der Waals surface area contributed by atoms with E-state index in [0.717, 1.165) is 25.7 Å². The van der Waals surface area contributed by atoms with E-state index in [-0.39, 0.29) is 42.5 Å². The predicted octanol–water partition coefficient (Wildman–Crippen LogP) is 1.59. The van der Waals surface area contributed by atoms with Crippen molar-refractivity contribution in [3.8, 4) is 0 Å². The lowest BCUT2D eigenvalue weighted by Crippen LogP contribution is -2.34. The van der Waals surface area contributed by atoms with Crippen LogP contribution in [0.3, 0.4) is 0 Å². The van der Waals surface area contributed by atoms with Crippen LogP contribution >= 0.6 is 0 Å². The van der Waals surface area contributed by atoms with Crippen molar-refractivity contribution in [2.75, 3.05) is 11.9 Å². The number of pyridine rings is 1. The lowest BCUT2D eigenvalue weighted by Gasteiger charge is -2.19. The van der Waals surface area contributed by atoms with Gasteiger partial charge in [0.05, 0.1) is 23.7 Å². The molecule has 2 heterocycles. The second kappa shape index (κ2) is 6.25. The molecule has 0 radical (unpaired) electrons. The summed E-state index contributed by atoms with van der Waals surface area (Å²) in [4.78, 5) is 41.7. The normalized spacial score (nSPS) is 24.3. The molecule has 2 unspecified atom stereocenters. The first-order chi connectivity index (χ1) is 10.7. The summed E-state index contributed by atoms with van der Waals surface area (Å²) >= 11 is 0. The van der Waals surface area contributed by atoms with Gasteiger partial charge in [0.25, 0.3) is 0 Å². The zero-order chi connectivity index (χ0) is 15.5. The Balaban J connectivity index is 1.56. The van der Waals surface area contributed by atoms with Crippen molar-refractivity contribution < 1.29 is 14.4 Å². The van der Waals surface area contributed by atoms with E-state index in [0.29, 0.717) is 5.69 Å². The Morgan fingerprint density at radius 1 is 1.23 bits per heavy atom. The van der Waals surface area contributed by atoms with Gasteiger partial charge in [-0.25, -0.2) is 0 Å². The Bertz CT molecular complexity index is 564. The molecule has 1 aromatic rings. The highest BCUT2D eigenvalue weighted by Gasteiger charge is 2.47. The molecule has 3 rings (SSSR count). The van der Waals surface area contributed by atoms with E-state index in [1.807, 2.05) is 0 Å². The molecular formula is C16H19N3O3. The van der Waals surface area contributed by atoms with Crippen LogP contribution in [0.5, 0.6) is 0 Å². The summed E-state index contributed by atoms with van der Waals surface area (Å²) < 4.78 is 0. The molecule has 0 spiro atoms. The average molecular weight is 301 g/mol.